The fraction of sp³-hybridized carbons (Fsp3) is 0.462. The molecular weight excluding hydrogens is 186 g/mol. The molecule has 0 spiro atoms. The van der Waals surface area contributed by atoms with E-state index in [1.165, 1.54) is 16.7 Å². The summed E-state index contributed by atoms with van der Waals surface area (Å²) in [5.41, 5.74) is 4.10. The lowest BCUT2D eigenvalue weighted by Gasteiger charge is -2.26. The monoisotopic (exact) mass is 201 g/mol. The second kappa shape index (κ2) is 3.09. The Kier molecular flexibility index (Phi) is 1.84. The molecule has 15 heavy (non-hydrogen) atoms. The third kappa shape index (κ3) is 1.36. The molecule has 2 atom stereocenters. The molecule has 1 heterocycles. The largest absolute Gasteiger partial charge is 0.349 e. The van der Waals surface area contributed by atoms with Crippen molar-refractivity contribution in [3.05, 3.63) is 34.9 Å². The van der Waals surface area contributed by atoms with Gasteiger partial charge in [-0.3, -0.25) is 4.79 Å². The highest BCUT2D eigenvalue weighted by Gasteiger charge is 2.36. The minimum atomic E-state index is 0.213. The number of nitrogens with one attached hydrogen (secondary N) is 1. The molecule has 2 aliphatic rings. The highest BCUT2D eigenvalue weighted by Crippen LogP contribution is 2.40. The fourth-order valence-corrected chi connectivity index (χ4v) is 2.90. The summed E-state index contributed by atoms with van der Waals surface area (Å²) >= 11 is 0. The second-order valence-corrected chi connectivity index (χ2v) is 4.75. The lowest BCUT2D eigenvalue weighted by atomic mass is 9.91. The van der Waals surface area contributed by atoms with Crippen LogP contribution in [0.2, 0.25) is 0 Å². The Labute approximate surface area is 89.7 Å². The van der Waals surface area contributed by atoms with E-state index in [1.54, 1.807) is 0 Å². The molecule has 78 valence electrons. The number of rotatable bonds is 0. The predicted octanol–water partition coefficient (Wildman–Crippen LogP) is 2.12. The van der Waals surface area contributed by atoms with Crippen molar-refractivity contribution in [2.45, 2.75) is 32.2 Å². The van der Waals surface area contributed by atoms with E-state index in [0.29, 0.717) is 18.4 Å². The Balaban J connectivity index is 2.00. The van der Waals surface area contributed by atoms with E-state index in [2.05, 4.69) is 30.4 Å². The first-order chi connectivity index (χ1) is 7.24. The maximum Gasteiger partial charge on any atom is 0.220 e. The molecular formula is C13H15NO. The highest BCUT2D eigenvalue weighted by molar-refractivity contribution is 5.77. The van der Waals surface area contributed by atoms with Crippen molar-refractivity contribution in [1.82, 2.24) is 5.32 Å². The highest BCUT2D eigenvalue weighted by atomic mass is 16.1. The van der Waals surface area contributed by atoms with Crippen LogP contribution in [0.3, 0.4) is 0 Å². The quantitative estimate of drug-likeness (QED) is 0.684. The minimum absolute atomic E-state index is 0.213. The fourth-order valence-electron chi connectivity index (χ4n) is 2.90. The summed E-state index contributed by atoms with van der Waals surface area (Å²) in [6.07, 6.45) is 2.89. The number of hydrogen-bond acceptors (Lipinski definition) is 1. The van der Waals surface area contributed by atoms with Gasteiger partial charge in [-0.1, -0.05) is 23.8 Å². The van der Waals surface area contributed by atoms with E-state index in [9.17, 15) is 4.79 Å². The van der Waals surface area contributed by atoms with Crippen LogP contribution in [-0.2, 0) is 11.2 Å². The zero-order chi connectivity index (χ0) is 10.4. The Morgan fingerprint density at radius 2 is 2.27 bits per heavy atom. The normalized spacial score (nSPS) is 28.2. The van der Waals surface area contributed by atoms with Crippen molar-refractivity contribution in [3.63, 3.8) is 0 Å². The van der Waals surface area contributed by atoms with E-state index in [0.717, 1.165) is 12.8 Å². The maximum atomic E-state index is 11.4. The Morgan fingerprint density at radius 3 is 3.13 bits per heavy atom. The van der Waals surface area contributed by atoms with Gasteiger partial charge in [0.1, 0.15) is 0 Å². The van der Waals surface area contributed by atoms with E-state index in [1.807, 2.05) is 0 Å². The number of aryl methyl sites for hydroxylation is 1. The van der Waals surface area contributed by atoms with E-state index in [4.69, 9.17) is 0 Å². The molecule has 1 saturated heterocycles. The summed E-state index contributed by atoms with van der Waals surface area (Å²) in [7, 11) is 0. The van der Waals surface area contributed by atoms with Gasteiger partial charge in [0.25, 0.3) is 0 Å². The van der Waals surface area contributed by atoms with Crippen LogP contribution in [0.15, 0.2) is 18.2 Å². The van der Waals surface area contributed by atoms with Crippen molar-refractivity contribution < 1.29 is 4.79 Å². The van der Waals surface area contributed by atoms with Crippen LogP contribution in [-0.4, -0.2) is 5.91 Å². The van der Waals surface area contributed by atoms with Gasteiger partial charge in [0.15, 0.2) is 0 Å². The van der Waals surface area contributed by atoms with Gasteiger partial charge in [-0.15, -0.1) is 0 Å². The Morgan fingerprint density at radius 1 is 1.40 bits per heavy atom. The molecule has 1 aromatic carbocycles. The standard InChI is InChI=1S/C13H15NO/c1-8-2-4-11-10(6-8)7-9-3-5-12(15)14-13(9)11/h2,4,6,9,13H,3,5,7H2,1H3,(H,14,15). The number of carbonyl (C=O) groups excluding carboxylic acids is 1. The van der Waals surface area contributed by atoms with E-state index >= 15 is 0 Å². The number of fused-ring (bicyclic) bond motifs is 3. The molecule has 0 aromatic heterocycles. The molecule has 3 rings (SSSR count). The molecule has 0 saturated carbocycles. The van der Waals surface area contributed by atoms with Gasteiger partial charge >= 0.3 is 0 Å². The third-order valence-electron chi connectivity index (χ3n) is 3.65. The summed E-state index contributed by atoms with van der Waals surface area (Å²) in [5.74, 6) is 0.851. The number of amides is 1. The van der Waals surface area contributed by atoms with Crippen LogP contribution in [0.4, 0.5) is 0 Å². The first-order valence-corrected chi connectivity index (χ1v) is 5.63. The summed E-state index contributed by atoms with van der Waals surface area (Å²) in [4.78, 5) is 11.4. The van der Waals surface area contributed by atoms with Crippen molar-refractivity contribution in [3.8, 4) is 0 Å². The minimum Gasteiger partial charge on any atom is -0.349 e. The van der Waals surface area contributed by atoms with E-state index < -0.39 is 0 Å². The first kappa shape index (κ1) is 8.96. The van der Waals surface area contributed by atoms with Crippen molar-refractivity contribution in [2.75, 3.05) is 0 Å². The van der Waals surface area contributed by atoms with Crippen LogP contribution in [0.5, 0.6) is 0 Å². The van der Waals surface area contributed by atoms with E-state index in [-0.39, 0.29) is 5.91 Å². The van der Waals surface area contributed by atoms with Crippen molar-refractivity contribution in [1.29, 1.82) is 0 Å². The molecule has 2 nitrogen and oxygen atoms in total. The van der Waals surface area contributed by atoms with Gasteiger partial charge < -0.3 is 5.32 Å². The zero-order valence-electron chi connectivity index (χ0n) is 8.92. The molecule has 1 N–H and O–H groups in total. The molecule has 0 radical (unpaired) electrons. The van der Waals surface area contributed by atoms with Gasteiger partial charge in [-0.2, -0.15) is 0 Å². The van der Waals surface area contributed by atoms with Crippen LogP contribution < -0.4 is 5.32 Å². The first-order valence-electron chi connectivity index (χ1n) is 5.63. The van der Waals surface area contributed by atoms with Gasteiger partial charge in [0.2, 0.25) is 5.91 Å². The Hall–Kier alpha value is -1.31. The molecule has 0 bridgehead atoms. The number of hydrogen-bond donors (Lipinski definition) is 1. The second-order valence-electron chi connectivity index (χ2n) is 4.75. The van der Waals surface area contributed by atoms with Crippen LogP contribution in [0.1, 0.15) is 35.6 Å². The van der Waals surface area contributed by atoms with Crippen LogP contribution >= 0.6 is 0 Å². The van der Waals surface area contributed by atoms with Crippen molar-refractivity contribution >= 4 is 5.91 Å². The zero-order valence-corrected chi connectivity index (χ0v) is 8.92. The Bertz CT molecular complexity index is 425. The van der Waals surface area contributed by atoms with Gasteiger partial charge in [0, 0.05) is 6.42 Å². The van der Waals surface area contributed by atoms with Gasteiger partial charge in [-0.25, -0.2) is 0 Å². The number of piperidine rings is 1. The molecule has 1 aromatic rings. The average Bonchev–Trinajstić information content (AvgIpc) is 2.54. The molecule has 1 fully saturated rings. The predicted molar refractivity (Wildman–Crippen MR) is 58.5 cm³/mol. The maximum absolute atomic E-state index is 11.4. The van der Waals surface area contributed by atoms with Crippen LogP contribution in [0, 0.1) is 12.8 Å². The molecule has 1 amide bonds. The number of benzene rings is 1. The van der Waals surface area contributed by atoms with Gasteiger partial charge in [-0.05, 0) is 36.8 Å². The molecule has 2 heteroatoms. The topological polar surface area (TPSA) is 29.1 Å². The van der Waals surface area contributed by atoms with Gasteiger partial charge in [0.05, 0.1) is 6.04 Å². The smallest absolute Gasteiger partial charge is 0.220 e. The average molecular weight is 201 g/mol. The SMILES string of the molecule is Cc1ccc2c(c1)CC1CCC(=O)NC21. The summed E-state index contributed by atoms with van der Waals surface area (Å²) in [6, 6.07) is 6.88. The number of carbonyl (C=O) groups is 1. The van der Waals surface area contributed by atoms with Crippen molar-refractivity contribution in [2.24, 2.45) is 5.92 Å². The molecule has 1 aliphatic carbocycles. The molecule has 2 unspecified atom stereocenters. The third-order valence-corrected chi connectivity index (χ3v) is 3.65. The summed E-state index contributed by atoms with van der Waals surface area (Å²) in [6.45, 7) is 2.13. The summed E-state index contributed by atoms with van der Waals surface area (Å²) < 4.78 is 0. The van der Waals surface area contributed by atoms with Crippen LogP contribution in [0.25, 0.3) is 0 Å². The summed E-state index contributed by atoms with van der Waals surface area (Å²) in [5, 5.41) is 3.12. The molecule has 1 aliphatic heterocycles. The lowest BCUT2D eigenvalue weighted by molar-refractivity contribution is -0.124. The lowest BCUT2D eigenvalue weighted by Crippen LogP contribution is -2.36.